The Balaban J connectivity index is 1.19. The lowest BCUT2D eigenvalue weighted by molar-refractivity contribution is -0.284. The summed E-state index contributed by atoms with van der Waals surface area (Å²) >= 11 is 0. The summed E-state index contributed by atoms with van der Waals surface area (Å²) in [5, 5.41) is 20.2. The van der Waals surface area contributed by atoms with Crippen LogP contribution in [0.3, 0.4) is 0 Å². The predicted octanol–water partition coefficient (Wildman–Crippen LogP) is 7.77. The lowest BCUT2D eigenvalue weighted by atomic mass is 9.86. The molecule has 0 aliphatic carbocycles. The van der Waals surface area contributed by atoms with E-state index >= 15 is 0 Å². The average molecular weight is 615 g/mol. The number of phenolic OH excluding ortho intramolecular Hbond substituents is 2. The minimum absolute atomic E-state index is 0.144. The van der Waals surface area contributed by atoms with Crippen LogP contribution >= 0.6 is 0 Å². The van der Waals surface area contributed by atoms with Crippen LogP contribution in [-0.2, 0) is 0 Å². The van der Waals surface area contributed by atoms with E-state index in [0.717, 1.165) is 33.4 Å². The first-order chi connectivity index (χ1) is 20.9. The van der Waals surface area contributed by atoms with E-state index in [1.807, 2.05) is 48.2 Å². The molecule has 1 fully saturated rings. The van der Waals surface area contributed by atoms with E-state index in [-0.39, 0.29) is 24.5 Å². The number of hydrogen-bond donors (Lipinski definition) is 2. The smallest absolute Gasteiger partial charge is 0.453 e. The fourth-order valence-electron chi connectivity index (χ4n) is 5.70. The molecule has 0 radical (unpaired) electrons. The van der Waals surface area contributed by atoms with Gasteiger partial charge in [-0.1, -0.05) is 48.6 Å². The van der Waals surface area contributed by atoms with Crippen LogP contribution in [0.5, 0.6) is 17.2 Å². The van der Waals surface area contributed by atoms with Crippen molar-refractivity contribution in [2.75, 3.05) is 39.3 Å². The second kappa shape index (κ2) is 13.0. The minimum Gasteiger partial charge on any atom is -0.508 e. The second-order valence-electron chi connectivity index (χ2n) is 11.3. The molecule has 0 aromatic heterocycles. The number of ether oxygens (including phenoxy) is 1. The Morgan fingerprint density at radius 1 is 0.864 bits per heavy atom. The van der Waals surface area contributed by atoms with Crippen LogP contribution in [0.1, 0.15) is 48.1 Å². The van der Waals surface area contributed by atoms with E-state index in [1.54, 1.807) is 36.4 Å². The summed E-state index contributed by atoms with van der Waals surface area (Å²) in [4.78, 5) is 4.15. The van der Waals surface area contributed by atoms with Crippen molar-refractivity contribution in [3.05, 3.63) is 95.1 Å². The fourth-order valence-corrected chi connectivity index (χ4v) is 5.70. The molecule has 0 bridgehead atoms. The van der Waals surface area contributed by atoms with E-state index in [9.17, 15) is 32.2 Å². The van der Waals surface area contributed by atoms with Crippen molar-refractivity contribution >= 4 is 17.2 Å². The number of allylic oxidation sites excluding steroid dienone is 1. The molecule has 0 saturated carbocycles. The Kier molecular flexibility index (Phi) is 9.31. The van der Waals surface area contributed by atoms with E-state index in [2.05, 4.69) is 11.0 Å². The Labute approximate surface area is 253 Å². The molecule has 5 rings (SSSR count). The van der Waals surface area contributed by atoms with Crippen molar-refractivity contribution in [2.24, 2.45) is 0 Å². The Hall–Kier alpha value is -3.89. The minimum atomic E-state index is -5.49. The molecule has 0 spiro atoms. The number of benzene rings is 3. The van der Waals surface area contributed by atoms with Gasteiger partial charge in [-0.15, -0.1) is 0 Å². The fraction of sp³-hybridized carbons (Fsp3) is 0.353. The van der Waals surface area contributed by atoms with Crippen LogP contribution in [0, 0.1) is 0 Å². The first-order valence-electron chi connectivity index (χ1n) is 14.6. The average Bonchev–Trinajstić information content (AvgIpc) is 2.98. The molecule has 1 unspecified atom stereocenters. The summed E-state index contributed by atoms with van der Waals surface area (Å²) < 4.78 is 69.8. The molecule has 44 heavy (non-hydrogen) atoms. The molecule has 1 atom stereocenters. The maximum atomic E-state index is 13.1. The zero-order valence-electron chi connectivity index (χ0n) is 24.3. The molecular formula is C34H35F5N2O3. The van der Waals surface area contributed by atoms with E-state index in [4.69, 9.17) is 4.74 Å². The third-order valence-corrected chi connectivity index (χ3v) is 8.19. The molecule has 1 saturated heterocycles. The van der Waals surface area contributed by atoms with Crippen molar-refractivity contribution in [1.29, 1.82) is 0 Å². The van der Waals surface area contributed by atoms with Crippen LogP contribution in [-0.4, -0.2) is 71.4 Å². The van der Waals surface area contributed by atoms with Crippen LogP contribution in [0.4, 0.5) is 22.0 Å². The van der Waals surface area contributed by atoms with Gasteiger partial charge in [0.25, 0.3) is 0 Å². The number of nitrogens with zero attached hydrogens (tertiary/aromatic N) is 2. The monoisotopic (exact) mass is 614 g/mol. The maximum absolute atomic E-state index is 13.1. The zero-order chi connectivity index (χ0) is 31.5. The first kappa shape index (κ1) is 31.5. The molecule has 3 aromatic carbocycles. The molecule has 2 aliphatic rings. The zero-order valence-corrected chi connectivity index (χ0v) is 24.3. The highest BCUT2D eigenvalue weighted by atomic mass is 19.4. The lowest BCUT2D eigenvalue weighted by Crippen LogP contribution is -2.46. The number of alkyl halides is 5. The second-order valence-corrected chi connectivity index (χ2v) is 11.3. The van der Waals surface area contributed by atoms with Gasteiger partial charge in [0.1, 0.15) is 23.4 Å². The topological polar surface area (TPSA) is 56.2 Å². The van der Waals surface area contributed by atoms with E-state index in [0.29, 0.717) is 38.5 Å². The maximum Gasteiger partial charge on any atom is 0.453 e. The predicted molar refractivity (Wildman–Crippen MR) is 161 cm³/mol. The summed E-state index contributed by atoms with van der Waals surface area (Å²) in [6.07, 6.45) is -3.23. The van der Waals surface area contributed by atoms with Gasteiger partial charge in [0.05, 0.1) is 0 Å². The van der Waals surface area contributed by atoms with E-state index in [1.165, 1.54) is 0 Å². The number of rotatable bonds is 9. The van der Waals surface area contributed by atoms with Gasteiger partial charge in [-0.2, -0.15) is 22.0 Å². The number of hydrogen-bond acceptors (Lipinski definition) is 5. The van der Waals surface area contributed by atoms with Crippen molar-refractivity contribution in [1.82, 2.24) is 9.80 Å². The van der Waals surface area contributed by atoms with Gasteiger partial charge in [-0.25, -0.2) is 0 Å². The van der Waals surface area contributed by atoms with Crippen LogP contribution in [0.15, 0.2) is 72.8 Å². The lowest BCUT2D eigenvalue weighted by Gasteiger charge is -2.34. The molecule has 3 aromatic rings. The number of halogens is 5. The highest BCUT2D eigenvalue weighted by Gasteiger charge is 2.56. The summed E-state index contributed by atoms with van der Waals surface area (Å²) in [6.45, 7) is 5.57. The van der Waals surface area contributed by atoms with Gasteiger partial charge in [0.15, 0.2) is 0 Å². The SMILES string of the molecule is CC1=C(c2cccc(O)c2)C(c2ccc(/C=C\CN3CCN(CCCC(F)(F)C(F)(F)F)CC3)cc2)Oc2ccc(O)cc21. The van der Waals surface area contributed by atoms with Crippen molar-refractivity contribution in [3.63, 3.8) is 0 Å². The molecule has 234 valence electrons. The Morgan fingerprint density at radius 3 is 2.23 bits per heavy atom. The number of aromatic hydroxyl groups is 2. The number of phenols is 2. The van der Waals surface area contributed by atoms with Crippen LogP contribution in [0.25, 0.3) is 17.2 Å². The van der Waals surface area contributed by atoms with Gasteiger partial charge in [0, 0.05) is 50.3 Å². The summed E-state index contributed by atoms with van der Waals surface area (Å²) in [5.74, 6) is -3.68. The van der Waals surface area contributed by atoms with Gasteiger partial charge >= 0.3 is 12.1 Å². The normalized spacial score (nSPS) is 18.5. The molecule has 5 nitrogen and oxygen atoms in total. The third-order valence-electron chi connectivity index (χ3n) is 8.19. The first-order valence-corrected chi connectivity index (χ1v) is 14.6. The third kappa shape index (κ3) is 7.25. The molecule has 2 aliphatic heterocycles. The van der Waals surface area contributed by atoms with Crippen LogP contribution in [0.2, 0.25) is 0 Å². The largest absolute Gasteiger partial charge is 0.508 e. The molecule has 0 amide bonds. The summed E-state index contributed by atoms with van der Waals surface area (Å²) in [5.41, 5.74) is 5.39. The quantitative estimate of drug-likeness (QED) is 0.241. The highest BCUT2D eigenvalue weighted by Crippen LogP contribution is 2.47. The Morgan fingerprint density at radius 2 is 1.55 bits per heavy atom. The van der Waals surface area contributed by atoms with Crippen molar-refractivity contribution < 1.29 is 36.9 Å². The Bertz CT molecular complexity index is 1510. The summed E-state index contributed by atoms with van der Waals surface area (Å²) in [6, 6.07) is 20.1. The highest BCUT2D eigenvalue weighted by molar-refractivity contribution is 5.95. The molecule has 2 heterocycles. The standard InChI is InChI=1S/C34H35F5N2O3/c1-23-29-22-28(43)12-13-30(29)44-32(31(23)26-6-2-7-27(42)21-26)25-10-8-24(9-11-25)5-3-15-40-17-19-41(20-18-40)16-4-14-33(35,36)34(37,38)39/h2-3,5-13,21-22,32,42-43H,4,14-20H2,1H3/b5-3-. The molecule has 10 heteroatoms. The van der Waals surface area contributed by atoms with Crippen molar-refractivity contribution in [3.8, 4) is 17.2 Å². The van der Waals surface area contributed by atoms with Gasteiger partial charge in [-0.05, 0) is 72.5 Å². The molecular weight excluding hydrogens is 579 g/mol. The number of fused-ring (bicyclic) bond motifs is 1. The van der Waals surface area contributed by atoms with Crippen molar-refractivity contribution in [2.45, 2.75) is 38.0 Å². The van der Waals surface area contributed by atoms with Crippen LogP contribution < -0.4 is 4.74 Å². The van der Waals surface area contributed by atoms with Gasteiger partial charge in [-0.3, -0.25) is 4.90 Å². The van der Waals surface area contributed by atoms with Gasteiger partial charge in [0.2, 0.25) is 0 Å². The molecule has 2 N–H and O–H groups in total. The summed E-state index contributed by atoms with van der Waals surface area (Å²) in [7, 11) is 0. The van der Waals surface area contributed by atoms with E-state index < -0.39 is 24.6 Å². The number of piperazine rings is 1. The van der Waals surface area contributed by atoms with Gasteiger partial charge < -0.3 is 19.8 Å².